The van der Waals surface area contributed by atoms with Gasteiger partial charge < -0.3 is 15.4 Å². The first kappa shape index (κ1) is 11.0. The molecule has 5 heteroatoms. The van der Waals surface area contributed by atoms with Crippen LogP contribution in [-0.4, -0.2) is 38.1 Å². The highest BCUT2D eigenvalue weighted by atomic mass is 16.5. The molecule has 80 valence electrons. The molecule has 1 rings (SSSR count). The standard InChI is InChI=1S/C9H16N2O3/c1-14-9(13)5-8(12)11-7-3-2-4-10-6-7/h7,10H,2-6H2,1H3,(H,11,12). The lowest BCUT2D eigenvalue weighted by Gasteiger charge is -2.23. The van der Waals surface area contributed by atoms with Crippen molar-refractivity contribution in [1.29, 1.82) is 0 Å². The van der Waals surface area contributed by atoms with Gasteiger partial charge in [-0.05, 0) is 19.4 Å². The van der Waals surface area contributed by atoms with Crippen LogP contribution in [0.1, 0.15) is 19.3 Å². The van der Waals surface area contributed by atoms with E-state index in [-0.39, 0.29) is 18.4 Å². The second-order valence-corrected chi connectivity index (χ2v) is 3.36. The number of hydrogen-bond donors (Lipinski definition) is 2. The third-order valence-electron chi connectivity index (χ3n) is 2.19. The van der Waals surface area contributed by atoms with Gasteiger partial charge in [-0.25, -0.2) is 0 Å². The average Bonchev–Trinajstić information content (AvgIpc) is 2.19. The summed E-state index contributed by atoms with van der Waals surface area (Å²) < 4.78 is 4.39. The van der Waals surface area contributed by atoms with Crippen molar-refractivity contribution in [1.82, 2.24) is 10.6 Å². The highest BCUT2D eigenvalue weighted by molar-refractivity contribution is 5.94. The van der Waals surface area contributed by atoms with Crippen molar-refractivity contribution in [2.24, 2.45) is 0 Å². The lowest BCUT2D eigenvalue weighted by Crippen LogP contribution is -2.46. The van der Waals surface area contributed by atoms with Crippen molar-refractivity contribution in [3.8, 4) is 0 Å². The second kappa shape index (κ2) is 5.59. The van der Waals surface area contributed by atoms with Crippen molar-refractivity contribution in [3.63, 3.8) is 0 Å². The van der Waals surface area contributed by atoms with E-state index in [2.05, 4.69) is 15.4 Å². The predicted molar refractivity (Wildman–Crippen MR) is 50.7 cm³/mol. The van der Waals surface area contributed by atoms with Crippen LogP contribution in [0.2, 0.25) is 0 Å². The monoisotopic (exact) mass is 200 g/mol. The third kappa shape index (κ3) is 3.74. The number of carbonyl (C=O) groups excluding carboxylic acids is 2. The Morgan fingerprint density at radius 2 is 2.36 bits per heavy atom. The molecule has 0 bridgehead atoms. The molecule has 0 aliphatic carbocycles. The number of esters is 1. The van der Waals surface area contributed by atoms with Gasteiger partial charge in [-0.2, -0.15) is 0 Å². The molecule has 0 aromatic heterocycles. The van der Waals surface area contributed by atoms with E-state index in [1.807, 2.05) is 0 Å². The Kier molecular flexibility index (Phi) is 4.39. The fourth-order valence-electron chi connectivity index (χ4n) is 1.46. The summed E-state index contributed by atoms with van der Waals surface area (Å²) in [7, 11) is 1.28. The van der Waals surface area contributed by atoms with Gasteiger partial charge in [-0.1, -0.05) is 0 Å². The van der Waals surface area contributed by atoms with Crippen molar-refractivity contribution >= 4 is 11.9 Å². The van der Waals surface area contributed by atoms with Crippen molar-refractivity contribution in [3.05, 3.63) is 0 Å². The molecule has 0 saturated carbocycles. The number of ether oxygens (including phenoxy) is 1. The fraction of sp³-hybridized carbons (Fsp3) is 0.778. The minimum atomic E-state index is -0.494. The van der Waals surface area contributed by atoms with Gasteiger partial charge in [-0.3, -0.25) is 9.59 Å². The number of methoxy groups -OCH3 is 1. The smallest absolute Gasteiger partial charge is 0.315 e. The summed E-state index contributed by atoms with van der Waals surface area (Å²) in [4.78, 5) is 22.0. The van der Waals surface area contributed by atoms with Crippen LogP contribution in [-0.2, 0) is 14.3 Å². The van der Waals surface area contributed by atoms with E-state index in [0.717, 1.165) is 25.9 Å². The van der Waals surface area contributed by atoms with Crippen LogP contribution in [0.4, 0.5) is 0 Å². The Bertz CT molecular complexity index is 212. The first-order valence-electron chi connectivity index (χ1n) is 4.79. The Balaban J connectivity index is 2.21. The van der Waals surface area contributed by atoms with Crippen molar-refractivity contribution < 1.29 is 14.3 Å². The van der Waals surface area contributed by atoms with Crippen molar-refractivity contribution in [2.75, 3.05) is 20.2 Å². The lowest BCUT2D eigenvalue weighted by atomic mass is 10.1. The molecule has 0 aromatic carbocycles. The summed E-state index contributed by atoms with van der Waals surface area (Å²) >= 11 is 0. The van der Waals surface area contributed by atoms with Gasteiger partial charge in [0.2, 0.25) is 5.91 Å². The molecule has 1 aliphatic rings. The third-order valence-corrected chi connectivity index (χ3v) is 2.19. The summed E-state index contributed by atoms with van der Waals surface area (Å²) in [5, 5.41) is 5.96. The molecule has 5 nitrogen and oxygen atoms in total. The van der Waals surface area contributed by atoms with Crippen LogP contribution < -0.4 is 10.6 Å². The molecule has 0 radical (unpaired) electrons. The van der Waals surface area contributed by atoms with E-state index in [1.54, 1.807) is 0 Å². The van der Waals surface area contributed by atoms with Crippen LogP contribution in [0.3, 0.4) is 0 Å². The summed E-state index contributed by atoms with van der Waals surface area (Å²) in [6.45, 7) is 1.79. The molecule has 14 heavy (non-hydrogen) atoms. The predicted octanol–water partition coefficient (Wildman–Crippen LogP) is -0.582. The molecule has 0 spiro atoms. The maximum atomic E-state index is 11.2. The highest BCUT2D eigenvalue weighted by Gasteiger charge is 2.17. The van der Waals surface area contributed by atoms with Crippen LogP contribution in [0, 0.1) is 0 Å². The average molecular weight is 200 g/mol. The zero-order chi connectivity index (χ0) is 10.4. The lowest BCUT2D eigenvalue weighted by molar-refractivity contribution is -0.143. The van der Waals surface area contributed by atoms with Gasteiger partial charge in [0.25, 0.3) is 0 Å². The Labute approximate surface area is 83.2 Å². The van der Waals surface area contributed by atoms with Gasteiger partial charge >= 0.3 is 5.97 Å². The molecule has 1 saturated heterocycles. The molecule has 0 aromatic rings. The summed E-state index contributed by atoms with van der Waals surface area (Å²) in [5.74, 6) is -0.753. The van der Waals surface area contributed by atoms with Gasteiger partial charge in [0.05, 0.1) is 7.11 Å². The minimum absolute atomic E-state index is 0.154. The van der Waals surface area contributed by atoms with Crippen LogP contribution in [0.15, 0.2) is 0 Å². The zero-order valence-electron chi connectivity index (χ0n) is 8.34. The normalized spacial score (nSPS) is 21.4. The van der Waals surface area contributed by atoms with E-state index in [1.165, 1.54) is 7.11 Å². The molecule has 1 heterocycles. The van der Waals surface area contributed by atoms with Crippen molar-refractivity contribution in [2.45, 2.75) is 25.3 Å². The molecule has 2 N–H and O–H groups in total. The number of nitrogens with one attached hydrogen (secondary N) is 2. The summed E-state index contributed by atoms with van der Waals surface area (Å²) in [6.07, 6.45) is 1.84. The van der Waals surface area contributed by atoms with E-state index in [0.29, 0.717) is 0 Å². The molecular weight excluding hydrogens is 184 g/mol. The van der Waals surface area contributed by atoms with Gasteiger partial charge in [0, 0.05) is 12.6 Å². The molecule has 1 unspecified atom stereocenters. The minimum Gasteiger partial charge on any atom is -0.469 e. The maximum Gasteiger partial charge on any atom is 0.315 e. The van der Waals surface area contributed by atoms with E-state index in [9.17, 15) is 9.59 Å². The molecular formula is C9H16N2O3. The van der Waals surface area contributed by atoms with E-state index < -0.39 is 5.97 Å². The first-order chi connectivity index (χ1) is 6.72. The Hall–Kier alpha value is -1.10. The maximum absolute atomic E-state index is 11.2. The first-order valence-corrected chi connectivity index (χ1v) is 4.79. The van der Waals surface area contributed by atoms with Crippen LogP contribution in [0.25, 0.3) is 0 Å². The van der Waals surface area contributed by atoms with Gasteiger partial charge in [0.1, 0.15) is 6.42 Å². The zero-order valence-corrected chi connectivity index (χ0v) is 8.34. The number of carbonyl (C=O) groups is 2. The number of piperidine rings is 1. The number of amides is 1. The van der Waals surface area contributed by atoms with Gasteiger partial charge in [0.15, 0.2) is 0 Å². The molecule has 1 amide bonds. The Morgan fingerprint density at radius 1 is 1.57 bits per heavy atom. The second-order valence-electron chi connectivity index (χ2n) is 3.36. The van der Waals surface area contributed by atoms with E-state index >= 15 is 0 Å². The highest BCUT2D eigenvalue weighted by Crippen LogP contribution is 2.01. The van der Waals surface area contributed by atoms with E-state index in [4.69, 9.17) is 0 Å². The van der Waals surface area contributed by atoms with Crippen LogP contribution >= 0.6 is 0 Å². The fourth-order valence-corrected chi connectivity index (χ4v) is 1.46. The topological polar surface area (TPSA) is 67.4 Å². The molecule has 1 atom stereocenters. The quantitative estimate of drug-likeness (QED) is 0.472. The molecule has 1 aliphatic heterocycles. The number of rotatable bonds is 3. The molecule has 1 fully saturated rings. The largest absolute Gasteiger partial charge is 0.469 e. The Morgan fingerprint density at radius 3 is 2.93 bits per heavy atom. The summed E-state index contributed by atoms with van der Waals surface area (Å²) in [6, 6.07) is 0.154. The SMILES string of the molecule is COC(=O)CC(=O)NC1CCCNC1. The van der Waals surface area contributed by atoms with Gasteiger partial charge in [-0.15, -0.1) is 0 Å². The van der Waals surface area contributed by atoms with Crippen LogP contribution in [0.5, 0.6) is 0 Å². The number of hydrogen-bond acceptors (Lipinski definition) is 4. The summed E-state index contributed by atoms with van der Waals surface area (Å²) in [5.41, 5.74) is 0.